The van der Waals surface area contributed by atoms with Crippen LogP contribution in [0.1, 0.15) is 25.5 Å². The molecule has 0 unspecified atom stereocenters. The fourth-order valence-electron chi connectivity index (χ4n) is 2.24. The van der Waals surface area contributed by atoms with E-state index in [1.165, 1.54) is 0 Å². The van der Waals surface area contributed by atoms with Crippen LogP contribution in [0.5, 0.6) is 0 Å². The molecular formula is C18H19N3OS. The minimum Gasteiger partial charge on any atom is -0.411 e. The zero-order chi connectivity index (χ0) is 16.1. The second kappa shape index (κ2) is 7.42. The second-order valence-electron chi connectivity index (χ2n) is 5.27. The molecule has 0 bridgehead atoms. The average Bonchev–Trinajstić information content (AvgIpc) is 3.04. The first-order valence-electron chi connectivity index (χ1n) is 7.77. The van der Waals surface area contributed by atoms with E-state index in [1.54, 1.807) is 11.8 Å². The summed E-state index contributed by atoms with van der Waals surface area (Å²) in [6.07, 6.45) is 2.31. The van der Waals surface area contributed by atoms with Gasteiger partial charge in [-0.3, -0.25) is 4.98 Å². The number of aryl methyl sites for hydroxylation is 1. The highest BCUT2D eigenvalue weighted by molar-refractivity contribution is 7.99. The lowest BCUT2D eigenvalue weighted by Gasteiger charge is -2.05. The van der Waals surface area contributed by atoms with Crippen LogP contribution in [0.2, 0.25) is 0 Å². The van der Waals surface area contributed by atoms with Crippen molar-refractivity contribution >= 4 is 11.8 Å². The Morgan fingerprint density at radius 1 is 1.04 bits per heavy atom. The van der Waals surface area contributed by atoms with E-state index in [0.717, 1.165) is 41.1 Å². The molecule has 0 atom stereocenters. The van der Waals surface area contributed by atoms with Crippen LogP contribution in [0.25, 0.3) is 22.7 Å². The van der Waals surface area contributed by atoms with Crippen molar-refractivity contribution in [3.05, 3.63) is 48.2 Å². The van der Waals surface area contributed by atoms with Gasteiger partial charge in [0.15, 0.2) is 0 Å². The van der Waals surface area contributed by atoms with Crippen LogP contribution in [-0.2, 0) is 0 Å². The molecule has 0 amide bonds. The lowest BCUT2D eigenvalue weighted by Crippen LogP contribution is -1.91. The van der Waals surface area contributed by atoms with Crippen LogP contribution in [0.15, 0.2) is 52.1 Å². The SMILES string of the molecule is CCCCSc1nnc(-c2ccc(-c3ccccc3)nc2C)o1. The van der Waals surface area contributed by atoms with Gasteiger partial charge >= 0.3 is 0 Å². The highest BCUT2D eigenvalue weighted by Gasteiger charge is 2.13. The minimum absolute atomic E-state index is 0.536. The van der Waals surface area contributed by atoms with Crippen molar-refractivity contribution in [2.75, 3.05) is 5.75 Å². The first kappa shape index (κ1) is 15.7. The molecule has 0 saturated carbocycles. The average molecular weight is 325 g/mol. The number of benzene rings is 1. The Hall–Kier alpha value is -2.14. The van der Waals surface area contributed by atoms with Crippen molar-refractivity contribution in [1.82, 2.24) is 15.2 Å². The summed E-state index contributed by atoms with van der Waals surface area (Å²) in [5.74, 6) is 1.54. The van der Waals surface area contributed by atoms with Gasteiger partial charge in [-0.1, -0.05) is 55.4 Å². The molecule has 1 aromatic carbocycles. The normalized spacial score (nSPS) is 10.9. The van der Waals surface area contributed by atoms with Crippen molar-refractivity contribution in [3.8, 4) is 22.7 Å². The Balaban J connectivity index is 1.81. The number of unbranched alkanes of at least 4 members (excludes halogenated alkanes) is 1. The van der Waals surface area contributed by atoms with Crippen molar-refractivity contribution in [3.63, 3.8) is 0 Å². The van der Waals surface area contributed by atoms with Gasteiger partial charge in [-0.2, -0.15) is 0 Å². The summed E-state index contributed by atoms with van der Waals surface area (Å²) in [5.41, 5.74) is 3.83. The zero-order valence-electron chi connectivity index (χ0n) is 13.3. The molecule has 0 radical (unpaired) electrons. The number of thioether (sulfide) groups is 1. The molecule has 0 spiro atoms. The number of rotatable bonds is 6. The molecule has 3 aromatic rings. The maximum absolute atomic E-state index is 5.74. The van der Waals surface area contributed by atoms with Gasteiger partial charge < -0.3 is 4.42 Å². The van der Waals surface area contributed by atoms with Gasteiger partial charge in [0.25, 0.3) is 11.1 Å². The van der Waals surface area contributed by atoms with Crippen LogP contribution in [0.3, 0.4) is 0 Å². The molecule has 0 aliphatic rings. The summed E-state index contributed by atoms with van der Waals surface area (Å²) in [7, 11) is 0. The van der Waals surface area contributed by atoms with Crippen LogP contribution in [0.4, 0.5) is 0 Å². The summed E-state index contributed by atoms with van der Waals surface area (Å²) in [6, 6.07) is 14.1. The molecule has 5 heteroatoms. The minimum atomic E-state index is 0.536. The standard InChI is InChI=1S/C18H19N3OS/c1-3-4-12-23-18-21-20-17(22-18)15-10-11-16(19-13(15)2)14-8-6-5-7-9-14/h5-11H,3-4,12H2,1-2H3. The van der Waals surface area contributed by atoms with E-state index >= 15 is 0 Å². The lowest BCUT2D eigenvalue weighted by atomic mass is 10.1. The predicted molar refractivity (Wildman–Crippen MR) is 93.3 cm³/mol. The molecule has 3 rings (SSSR count). The van der Waals surface area contributed by atoms with Crippen LogP contribution in [0, 0.1) is 6.92 Å². The second-order valence-corrected chi connectivity index (χ2v) is 6.32. The van der Waals surface area contributed by atoms with Crippen molar-refractivity contribution < 1.29 is 4.42 Å². The van der Waals surface area contributed by atoms with Crippen molar-refractivity contribution in [2.24, 2.45) is 0 Å². The summed E-state index contributed by atoms with van der Waals surface area (Å²) in [5, 5.41) is 8.88. The molecule has 4 nitrogen and oxygen atoms in total. The molecule has 23 heavy (non-hydrogen) atoms. The Morgan fingerprint density at radius 2 is 1.87 bits per heavy atom. The summed E-state index contributed by atoms with van der Waals surface area (Å²) in [6.45, 7) is 4.14. The van der Waals surface area contributed by atoms with Gasteiger partial charge in [-0.15, -0.1) is 10.2 Å². The lowest BCUT2D eigenvalue weighted by molar-refractivity contribution is 0.465. The quantitative estimate of drug-likeness (QED) is 0.471. The molecule has 2 aromatic heterocycles. The largest absolute Gasteiger partial charge is 0.411 e. The van der Waals surface area contributed by atoms with E-state index in [-0.39, 0.29) is 0 Å². The van der Waals surface area contributed by atoms with Gasteiger partial charge in [0.1, 0.15) is 0 Å². The monoisotopic (exact) mass is 325 g/mol. The molecule has 2 heterocycles. The number of hydrogen-bond acceptors (Lipinski definition) is 5. The third-order valence-corrected chi connectivity index (χ3v) is 4.42. The first-order chi connectivity index (χ1) is 11.3. The highest BCUT2D eigenvalue weighted by atomic mass is 32.2. The topological polar surface area (TPSA) is 51.8 Å². The van der Waals surface area contributed by atoms with Crippen molar-refractivity contribution in [1.29, 1.82) is 0 Å². The number of hydrogen-bond donors (Lipinski definition) is 0. The summed E-state index contributed by atoms with van der Waals surface area (Å²) < 4.78 is 5.74. The number of nitrogens with zero attached hydrogens (tertiary/aromatic N) is 3. The van der Waals surface area contributed by atoms with E-state index in [9.17, 15) is 0 Å². The molecule has 0 aliphatic carbocycles. The molecule has 0 fully saturated rings. The molecule has 0 aliphatic heterocycles. The fourth-order valence-corrected chi connectivity index (χ4v) is 3.08. The van der Waals surface area contributed by atoms with E-state index < -0.39 is 0 Å². The number of aromatic nitrogens is 3. The van der Waals surface area contributed by atoms with Gasteiger partial charge in [-0.25, -0.2) is 0 Å². The third kappa shape index (κ3) is 3.79. The van der Waals surface area contributed by atoms with E-state index in [4.69, 9.17) is 4.42 Å². The van der Waals surface area contributed by atoms with Crippen LogP contribution >= 0.6 is 11.8 Å². The zero-order valence-corrected chi connectivity index (χ0v) is 14.1. The maximum Gasteiger partial charge on any atom is 0.276 e. The fraction of sp³-hybridized carbons (Fsp3) is 0.278. The van der Waals surface area contributed by atoms with Crippen molar-refractivity contribution in [2.45, 2.75) is 31.9 Å². The van der Waals surface area contributed by atoms with Gasteiger partial charge in [-0.05, 0) is 25.5 Å². The smallest absolute Gasteiger partial charge is 0.276 e. The van der Waals surface area contributed by atoms with Gasteiger partial charge in [0, 0.05) is 11.3 Å². The van der Waals surface area contributed by atoms with E-state index in [2.05, 4.69) is 34.2 Å². The van der Waals surface area contributed by atoms with E-state index in [0.29, 0.717) is 11.1 Å². The first-order valence-corrected chi connectivity index (χ1v) is 8.76. The summed E-state index contributed by atoms with van der Waals surface area (Å²) >= 11 is 1.61. The van der Waals surface area contributed by atoms with Gasteiger partial charge in [0.05, 0.1) is 17.0 Å². The Labute approximate surface area is 140 Å². The Bertz CT molecular complexity index is 771. The molecule has 0 saturated heterocycles. The summed E-state index contributed by atoms with van der Waals surface area (Å²) in [4.78, 5) is 4.67. The molecular weight excluding hydrogens is 306 g/mol. The third-order valence-electron chi connectivity index (χ3n) is 3.52. The molecule has 0 N–H and O–H groups in total. The Morgan fingerprint density at radius 3 is 2.61 bits per heavy atom. The number of pyridine rings is 1. The highest BCUT2D eigenvalue weighted by Crippen LogP contribution is 2.27. The van der Waals surface area contributed by atoms with Gasteiger partial charge in [0.2, 0.25) is 0 Å². The predicted octanol–water partition coefficient (Wildman–Crippen LogP) is 5.00. The molecule has 118 valence electrons. The maximum atomic E-state index is 5.74. The van der Waals surface area contributed by atoms with Crippen LogP contribution in [-0.4, -0.2) is 20.9 Å². The van der Waals surface area contributed by atoms with Crippen LogP contribution < -0.4 is 0 Å². The van der Waals surface area contributed by atoms with E-state index in [1.807, 2.05) is 37.3 Å². The Kier molecular flexibility index (Phi) is 5.08.